The molecule has 0 aromatic heterocycles. The summed E-state index contributed by atoms with van der Waals surface area (Å²) in [6.07, 6.45) is 3.21. The highest BCUT2D eigenvalue weighted by atomic mass is 16.5. The third-order valence-electron chi connectivity index (χ3n) is 1.54. The first-order chi connectivity index (χ1) is 4.88. The third-order valence-corrected chi connectivity index (χ3v) is 1.54. The number of Topliss-reactive ketones (excluding diaryl/α,β-unsaturated/α-hetero) is 1. The Morgan fingerprint density at radius 2 is 2.30 bits per heavy atom. The molecule has 2 heterocycles. The van der Waals surface area contributed by atoms with E-state index in [9.17, 15) is 4.79 Å². The molecule has 0 bridgehead atoms. The Labute approximate surface area is 57.9 Å². The molecule has 3 heteroatoms. The Morgan fingerprint density at radius 1 is 1.40 bits per heavy atom. The van der Waals surface area contributed by atoms with Crippen LogP contribution in [0.5, 0.6) is 0 Å². The molecular weight excluding hydrogens is 132 g/mol. The molecule has 0 aromatic carbocycles. The van der Waals surface area contributed by atoms with Crippen LogP contribution in [0, 0.1) is 0 Å². The van der Waals surface area contributed by atoms with Crippen molar-refractivity contribution in [3.8, 4) is 0 Å². The van der Waals surface area contributed by atoms with Gasteiger partial charge in [0.25, 0.3) is 0 Å². The van der Waals surface area contributed by atoms with E-state index in [1.165, 1.54) is 6.26 Å². The summed E-state index contributed by atoms with van der Waals surface area (Å²) in [6.45, 7) is 0.545. The minimum atomic E-state index is 0.0411. The van der Waals surface area contributed by atoms with Crippen molar-refractivity contribution < 1.29 is 14.3 Å². The lowest BCUT2D eigenvalue weighted by Gasteiger charge is -2.05. The maximum Gasteiger partial charge on any atom is 0.203 e. The second kappa shape index (κ2) is 1.87. The lowest BCUT2D eigenvalue weighted by molar-refractivity contribution is -0.116. The SMILES string of the molecule is O=C1COC2=C1COC=C2. The average molecular weight is 138 g/mol. The van der Waals surface area contributed by atoms with E-state index >= 15 is 0 Å². The van der Waals surface area contributed by atoms with Crippen molar-refractivity contribution in [3.63, 3.8) is 0 Å². The van der Waals surface area contributed by atoms with Crippen molar-refractivity contribution in [1.29, 1.82) is 0 Å². The summed E-state index contributed by atoms with van der Waals surface area (Å²) in [5.41, 5.74) is 0.669. The molecule has 52 valence electrons. The summed E-state index contributed by atoms with van der Waals surface area (Å²) in [5.74, 6) is 0.718. The zero-order chi connectivity index (χ0) is 6.97. The van der Waals surface area contributed by atoms with E-state index in [0.29, 0.717) is 17.9 Å². The summed E-state index contributed by atoms with van der Waals surface area (Å²) in [5, 5.41) is 0. The van der Waals surface area contributed by atoms with Crippen LogP contribution < -0.4 is 0 Å². The van der Waals surface area contributed by atoms with Gasteiger partial charge in [-0.1, -0.05) is 0 Å². The molecule has 0 amide bonds. The first kappa shape index (κ1) is 5.53. The molecule has 3 nitrogen and oxygen atoms in total. The van der Waals surface area contributed by atoms with Crippen LogP contribution in [0.2, 0.25) is 0 Å². The standard InChI is InChI=1S/C7H6O3/c8-6-4-10-7-1-2-9-3-5(6)7/h1-2H,3-4H2. The Morgan fingerprint density at radius 3 is 3.10 bits per heavy atom. The summed E-state index contributed by atoms with van der Waals surface area (Å²) >= 11 is 0. The lowest BCUT2D eigenvalue weighted by atomic mass is 10.2. The lowest BCUT2D eigenvalue weighted by Crippen LogP contribution is -2.07. The van der Waals surface area contributed by atoms with Gasteiger partial charge in [0.05, 0.1) is 11.8 Å². The predicted molar refractivity (Wildman–Crippen MR) is 33.1 cm³/mol. The number of carbonyl (C=O) groups excluding carboxylic acids is 1. The Hall–Kier alpha value is -1.25. The van der Waals surface area contributed by atoms with Crippen LogP contribution in [0.15, 0.2) is 23.7 Å². The first-order valence-corrected chi connectivity index (χ1v) is 3.05. The molecule has 2 aliphatic heterocycles. The second-order valence-electron chi connectivity index (χ2n) is 2.17. The fourth-order valence-electron chi connectivity index (χ4n) is 0.997. The van der Waals surface area contributed by atoms with E-state index in [1.807, 2.05) is 0 Å². The fourth-order valence-corrected chi connectivity index (χ4v) is 0.997. The van der Waals surface area contributed by atoms with E-state index in [1.54, 1.807) is 6.08 Å². The molecule has 2 aliphatic rings. The molecule has 2 rings (SSSR count). The van der Waals surface area contributed by atoms with Crippen LogP contribution in [0.1, 0.15) is 0 Å². The predicted octanol–water partition coefficient (Wildman–Crippen LogP) is 0.384. The van der Waals surface area contributed by atoms with Crippen LogP contribution in [0.4, 0.5) is 0 Å². The number of hydrogen-bond acceptors (Lipinski definition) is 3. The molecule has 0 saturated carbocycles. The molecule has 0 aromatic rings. The van der Waals surface area contributed by atoms with Gasteiger partial charge in [0.1, 0.15) is 12.4 Å². The number of rotatable bonds is 0. The van der Waals surface area contributed by atoms with Crippen molar-refractivity contribution in [2.75, 3.05) is 13.2 Å². The van der Waals surface area contributed by atoms with Gasteiger partial charge in [0, 0.05) is 6.08 Å². The quantitative estimate of drug-likeness (QED) is 0.485. The Kier molecular flexibility index (Phi) is 1.03. The third kappa shape index (κ3) is 0.635. The van der Waals surface area contributed by atoms with E-state index in [-0.39, 0.29) is 12.4 Å². The average Bonchev–Trinajstić information content (AvgIpc) is 2.34. The first-order valence-electron chi connectivity index (χ1n) is 3.05. The summed E-state index contributed by atoms with van der Waals surface area (Å²) in [7, 11) is 0. The molecule has 0 N–H and O–H groups in total. The number of ether oxygens (including phenoxy) is 2. The Bertz CT molecular complexity index is 237. The highest BCUT2D eigenvalue weighted by Crippen LogP contribution is 2.20. The van der Waals surface area contributed by atoms with E-state index in [0.717, 1.165) is 0 Å². The smallest absolute Gasteiger partial charge is 0.203 e. The van der Waals surface area contributed by atoms with Crippen molar-refractivity contribution >= 4 is 5.78 Å². The number of allylic oxidation sites excluding steroid dienone is 1. The second-order valence-corrected chi connectivity index (χ2v) is 2.17. The maximum atomic E-state index is 10.9. The molecule has 0 fully saturated rings. The molecule has 0 unspecified atom stereocenters. The van der Waals surface area contributed by atoms with E-state index < -0.39 is 0 Å². The van der Waals surface area contributed by atoms with Gasteiger partial charge >= 0.3 is 0 Å². The van der Waals surface area contributed by atoms with E-state index in [4.69, 9.17) is 9.47 Å². The van der Waals surface area contributed by atoms with Crippen LogP contribution >= 0.6 is 0 Å². The van der Waals surface area contributed by atoms with Crippen molar-refractivity contribution in [1.82, 2.24) is 0 Å². The molecule has 0 atom stereocenters. The van der Waals surface area contributed by atoms with Crippen molar-refractivity contribution in [2.45, 2.75) is 0 Å². The van der Waals surface area contributed by atoms with Crippen molar-refractivity contribution in [2.24, 2.45) is 0 Å². The summed E-state index contributed by atoms with van der Waals surface area (Å²) in [4.78, 5) is 10.9. The minimum absolute atomic E-state index is 0.0411. The Balaban J connectivity index is 2.38. The highest BCUT2D eigenvalue weighted by molar-refractivity contribution is 5.99. The molecule has 0 spiro atoms. The van der Waals surface area contributed by atoms with Crippen molar-refractivity contribution in [3.05, 3.63) is 23.7 Å². The molecule has 0 saturated heterocycles. The zero-order valence-electron chi connectivity index (χ0n) is 5.29. The maximum absolute atomic E-state index is 10.9. The minimum Gasteiger partial charge on any atom is -0.496 e. The van der Waals surface area contributed by atoms with Crippen LogP contribution in [0.25, 0.3) is 0 Å². The van der Waals surface area contributed by atoms with Crippen LogP contribution in [-0.4, -0.2) is 19.0 Å². The van der Waals surface area contributed by atoms with Gasteiger partial charge < -0.3 is 9.47 Å². The van der Waals surface area contributed by atoms with Gasteiger partial charge in [0.15, 0.2) is 6.61 Å². The number of hydrogen-bond donors (Lipinski definition) is 0. The molecule has 10 heavy (non-hydrogen) atoms. The fraction of sp³-hybridized carbons (Fsp3) is 0.286. The number of carbonyl (C=O) groups is 1. The monoisotopic (exact) mass is 138 g/mol. The van der Waals surface area contributed by atoms with Crippen LogP contribution in [0.3, 0.4) is 0 Å². The van der Waals surface area contributed by atoms with Gasteiger partial charge in [-0.25, -0.2) is 0 Å². The topological polar surface area (TPSA) is 35.5 Å². The summed E-state index contributed by atoms with van der Waals surface area (Å²) in [6, 6.07) is 0. The molecular formula is C7H6O3. The largest absolute Gasteiger partial charge is 0.496 e. The number of ketones is 1. The zero-order valence-corrected chi connectivity index (χ0v) is 5.29. The molecule has 0 radical (unpaired) electrons. The normalized spacial score (nSPS) is 22.2. The van der Waals surface area contributed by atoms with Crippen LogP contribution in [-0.2, 0) is 14.3 Å². The van der Waals surface area contributed by atoms with Gasteiger partial charge in [-0.3, -0.25) is 4.79 Å². The van der Waals surface area contributed by atoms with E-state index in [2.05, 4.69) is 0 Å². The van der Waals surface area contributed by atoms with Gasteiger partial charge in [0.2, 0.25) is 5.78 Å². The highest BCUT2D eigenvalue weighted by Gasteiger charge is 2.24. The van der Waals surface area contributed by atoms with Gasteiger partial charge in [-0.15, -0.1) is 0 Å². The van der Waals surface area contributed by atoms with Gasteiger partial charge in [-0.05, 0) is 0 Å². The molecule has 0 aliphatic carbocycles. The summed E-state index contributed by atoms with van der Waals surface area (Å²) < 4.78 is 9.95. The van der Waals surface area contributed by atoms with Gasteiger partial charge in [-0.2, -0.15) is 0 Å².